The first kappa shape index (κ1) is 15.5. The molecule has 0 aliphatic rings. The summed E-state index contributed by atoms with van der Waals surface area (Å²) < 4.78 is 40.8. The fourth-order valence-corrected chi connectivity index (χ4v) is 3.11. The highest BCUT2D eigenvalue weighted by atomic mass is 35.5. The fraction of sp³-hybridized carbons (Fsp3) is 0.154. The van der Waals surface area contributed by atoms with Crippen molar-refractivity contribution in [2.24, 2.45) is 0 Å². The fourth-order valence-electron chi connectivity index (χ4n) is 1.78. The third-order valence-electron chi connectivity index (χ3n) is 2.80. The molecule has 0 spiro atoms. The van der Waals surface area contributed by atoms with Crippen LogP contribution in [0.1, 0.15) is 11.1 Å². The minimum absolute atomic E-state index is 0.154. The summed E-state index contributed by atoms with van der Waals surface area (Å²) in [7, 11) is -4.11. The molecule has 0 unspecified atom stereocenters. The third-order valence-corrected chi connectivity index (χ3v) is 4.58. The zero-order chi connectivity index (χ0) is 15.8. The van der Waals surface area contributed by atoms with Crippen LogP contribution in [-0.4, -0.2) is 13.4 Å². The summed E-state index contributed by atoms with van der Waals surface area (Å²) in [6.45, 7) is 3.12. The van der Waals surface area contributed by atoms with Gasteiger partial charge in [-0.2, -0.15) is 0 Å². The monoisotopic (exact) mass is 329 g/mol. The van der Waals surface area contributed by atoms with Gasteiger partial charge in [0.05, 0.1) is 11.9 Å². The summed E-state index contributed by atoms with van der Waals surface area (Å²) in [5, 5.41) is 0.268. The van der Waals surface area contributed by atoms with Crippen LogP contribution < -0.4 is 10.5 Å². The summed E-state index contributed by atoms with van der Waals surface area (Å²) in [6.07, 6.45) is 1.25. The molecule has 1 heterocycles. The Morgan fingerprint density at radius 3 is 2.52 bits per heavy atom. The molecule has 0 radical (unpaired) electrons. The van der Waals surface area contributed by atoms with E-state index in [9.17, 15) is 12.8 Å². The number of halogens is 2. The van der Waals surface area contributed by atoms with Crippen molar-refractivity contribution in [2.45, 2.75) is 18.7 Å². The van der Waals surface area contributed by atoms with E-state index < -0.39 is 20.7 Å². The summed E-state index contributed by atoms with van der Waals surface area (Å²) in [4.78, 5) is 3.33. The highest BCUT2D eigenvalue weighted by Gasteiger charge is 2.21. The average Bonchev–Trinajstić information content (AvgIpc) is 2.37. The number of rotatable bonds is 3. The Balaban J connectivity index is 2.45. The first-order chi connectivity index (χ1) is 9.70. The van der Waals surface area contributed by atoms with Gasteiger partial charge in [-0.1, -0.05) is 11.6 Å². The van der Waals surface area contributed by atoms with Gasteiger partial charge in [-0.15, -0.1) is 0 Å². The van der Waals surface area contributed by atoms with E-state index in [-0.39, 0.29) is 22.1 Å². The minimum Gasteiger partial charge on any atom is -0.399 e. The van der Waals surface area contributed by atoms with Crippen molar-refractivity contribution in [3.63, 3.8) is 0 Å². The van der Waals surface area contributed by atoms with Crippen LogP contribution in [0.5, 0.6) is 0 Å². The largest absolute Gasteiger partial charge is 0.399 e. The summed E-state index contributed by atoms with van der Waals surface area (Å²) in [5.74, 6) is -0.838. The van der Waals surface area contributed by atoms with Crippen LogP contribution in [0.3, 0.4) is 0 Å². The molecule has 0 saturated carbocycles. The van der Waals surface area contributed by atoms with Gasteiger partial charge in [-0.05, 0) is 43.2 Å². The molecule has 1 aromatic carbocycles. The highest BCUT2D eigenvalue weighted by Crippen LogP contribution is 2.24. The van der Waals surface area contributed by atoms with Gasteiger partial charge in [0.1, 0.15) is 15.9 Å². The number of sulfonamides is 1. The number of aromatic nitrogens is 1. The predicted octanol–water partition coefficient (Wildman–Crippen LogP) is 2.87. The molecule has 0 atom stereocenters. The van der Waals surface area contributed by atoms with E-state index >= 15 is 0 Å². The number of anilines is 2. The van der Waals surface area contributed by atoms with E-state index in [1.54, 1.807) is 6.92 Å². The lowest BCUT2D eigenvalue weighted by Crippen LogP contribution is -2.16. The number of nitrogens with two attached hydrogens (primary N) is 1. The number of benzene rings is 1. The van der Waals surface area contributed by atoms with Gasteiger partial charge in [-0.3, -0.25) is 4.72 Å². The molecule has 0 saturated heterocycles. The van der Waals surface area contributed by atoms with Gasteiger partial charge in [-0.25, -0.2) is 17.8 Å². The van der Waals surface area contributed by atoms with Gasteiger partial charge in [0.15, 0.2) is 0 Å². The van der Waals surface area contributed by atoms with Crippen molar-refractivity contribution in [1.29, 1.82) is 0 Å². The molecule has 8 heteroatoms. The number of hydrogen-bond acceptors (Lipinski definition) is 4. The summed E-state index contributed by atoms with van der Waals surface area (Å²) >= 11 is 5.77. The Morgan fingerprint density at radius 1 is 1.24 bits per heavy atom. The molecule has 5 nitrogen and oxygen atoms in total. The second-order valence-corrected chi connectivity index (χ2v) is 6.60. The molecule has 0 amide bonds. The molecule has 2 aromatic rings. The summed E-state index contributed by atoms with van der Waals surface area (Å²) in [5.41, 5.74) is 6.68. The normalized spacial score (nSPS) is 11.4. The molecule has 0 aliphatic carbocycles. The lowest BCUT2D eigenvalue weighted by atomic mass is 10.2. The smallest absolute Gasteiger partial charge is 0.264 e. The van der Waals surface area contributed by atoms with Gasteiger partial charge in [0.25, 0.3) is 10.0 Å². The van der Waals surface area contributed by atoms with Crippen LogP contribution in [0.4, 0.5) is 15.8 Å². The van der Waals surface area contributed by atoms with Crippen molar-refractivity contribution in [1.82, 2.24) is 4.98 Å². The topological polar surface area (TPSA) is 85.1 Å². The Bertz CT molecular complexity index is 809. The molecule has 21 heavy (non-hydrogen) atoms. The van der Waals surface area contributed by atoms with Gasteiger partial charge in [0.2, 0.25) is 0 Å². The van der Waals surface area contributed by atoms with Crippen molar-refractivity contribution in [3.8, 4) is 0 Å². The van der Waals surface area contributed by atoms with Gasteiger partial charge >= 0.3 is 0 Å². The Kier molecular flexibility index (Phi) is 4.06. The number of nitrogens with one attached hydrogen (secondary N) is 1. The van der Waals surface area contributed by atoms with E-state index in [0.717, 1.165) is 6.07 Å². The zero-order valence-corrected chi connectivity index (χ0v) is 12.9. The number of nitrogens with zero attached hydrogens (tertiary/aromatic N) is 1. The SMILES string of the molecule is Cc1cc(NS(=O)(=O)c2cc(N)cc(C)c2F)cnc1Cl. The molecule has 3 N–H and O–H groups in total. The van der Waals surface area contributed by atoms with Crippen LogP contribution >= 0.6 is 11.6 Å². The lowest BCUT2D eigenvalue weighted by molar-refractivity contribution is 0.565. The van der Waals surface area contributed by atoms with Gasteiger partial charge in [0, 0.05) is 5.69 Å². The lowest BCUT2D eigenvalue weighted by Gasteiger charge is -2.11. The predicted molar refractivity (Wildman–Crippen MR) is 80.3 cm³/mol. The molecular formula is C13H13ClFN3O2S. The first-order valence-corrected chi connectivity index (χ1v) is 7.77. The van der Waals surface area contributed by atoms with Crippen LogP contribution in [0.25, 0.3) is 0 Å². The van der Waals surface area contributed by atoms with E-state index in [0.29, 0.717) is 5.56 Å². The van der Waals surface area contributed by atoms with Crippen LogP contribution in [0, 0.1) is 19.7 Å². The first-order valence-electron chi connectivity index (χ1n) is 5.91. The second-order valence-electron chi connectivity index (χ2n) is 4.59. The molecule has 1 aromatic heterocycles. The van der Waals surface area contributed by atoms with E-state index in [4.69, 9.17) is 17.3 Å². The maximum absolute atomic E-state index is 14.0. The third kappa shape index (κ3) is 3.25. The van der Waals surface area contributed by atoms with E-state index in [1.807, 2.05) is 0 Å². The molecule has 0 fully saturated rings. The second kappa shape index (κ2) is 5.50. The van der Waals surface area contributed by atoms with Crippen LogP contribution in [0.15, 0.2) is 29.3 Å². The van der Waals surface area contributed by atoms with Crippen molar-refractivity contribution >= 4 is 33.0 Å². The van der Waals surface area contributed by atoms with Crippen LogP contribution in [-0.2, 0) is 10.0 Å². The average molecular weight is 330 g/mol. The standard InChI is InChI=1S/C13H13ClFN3O2S/c1-7-3-9(16)5-11(12(7)15)21(19,20)18-10-4-8(2)13(14)17-6-10/h3-6,18H,16H2,1-2H3. The molecule has 112 valence electrons. The maximum atomic E-state index is 14.0. The van der Waals surface area contributed by atoms with E-state index in [2.05, 4.69) is 9.71 Å². The maximum Gasteiger partial charge on any atom is 0.264 e. The number of hydrogen-bond donors (Lipinski definition) is 2. The van der Waals surface area contributed by atoms with Crippen molar-refractivity contribution < 1.29 is 12.8 Å². The Labute approximate surface area is 127 Å². The highest BCUT2D eigenvalue weighted by molar-refractivity contribution is 7.92. The Hall–Kier alpha value is -1.86. The molecule has 0 bridgehead atoms. The van der Waals surface area contributed by atoms with Crippen LogP contribution in [0.2, 0.25) is 5.15 Å². The number of pyridine rings is 1. The van der Waals surface area contributed by atoms with Crippen molar-refractivity contribution in [2.75, 3.05) is 10.5 Å². The molecule has 2 rings (SSSR count). The summed E-state index contributed by atoms with van der Waals surface area (Å²) in [6, 6.07) is 3.94. The number of nitrogen functional groups attached to an aromatic ring is 1. The van der Waals surface area contributed by atoms with E-state index in [1.165, 1.54) is 25.3 Å². The van der Waals surface area contributed by atoms with Crippen molar-refractivity contribution in [3.05, 3.63) is 46.5 Å². The quantitative estimate of drug-likeness (QED) is 0.669. The molecular weight excluding hydrogens is 317 g/mol. The zero-order valence-electron chi connectivity index (χ0n) is 11.3. The Morgan fingerprint density at radius 2 is 1.90 bits per heavy atom. The molecule has 0 aliphatic heterocycles. The number of aryl methyl sites for hydroxylation is 2. The van der Waals surface area contributed by atoms with Gasteiger partial charge < -0.3 is 5.73 Å². The minimum atomic E-state index is -4.11.